The zero-order valence-electron chi connectivity index (χ0n) is 13.7. The highest BCUT2D eigenvalue weighted by atomic mass is 32.2. The Morgan fingerprint density at radius 3 is 2.80 bits per heavy atom. The maximum absolute atomic E-state index is 12.2. The highest BCUT2D eigenvalue weighted by Gasteiger charge is 2.22. The monoisotopic (exact) mass is 372 g/mol. The minimum Gasteiger partial charge on any atom is -0.457 e. The van der Waals surface area contributed by atoms with Gasteiger partial charge < -0.3 is 14.6 Å². The van der Waals surface area contributed by atoms with Crippen molar-refractivity contribution in [3.05, 3.63) is 52.6 Å². The maximum atomic E-state index is 12.2. The van der Waals surface area contributed by atoms with Crippen molar-refractivity contribution in [2.45, 2.75) is 0 Å². The van der Waals surface area contributed by atoms with Crippen LogP contribution in [0.4, 0.5) is 0 Å². The van der Waals surface area contributed by atoms with Crippen LogP contribution in [0.2, 0.25) is 0 Å². The van der Waals surface area contributed by atoms with Gasteiger partial charge in [-0.3, -0.25) is 9.59 Å². The summed E-state index contributed by atoms with van der Waals surface area (Å²) in [6.45, 7) is 0.352. The molecule has 128 valence electrons. The third-order valence-corrected chi connectivity index (χ3v) is 4.63. The molecule has 0 atom stereocenters. The Balaban J connectivity index is 1.83. The number of ketones is 1. The van der Waals surface area contributed by atoms with E-state index in [-0.39, 0.29) is 11.7 Å². The van der Waals surface area contributed by atoms with Crippen LogP contribution < -0.4 is 5.32 Å². The van der Waals surface area contributed by atoms with E-state index in [1.54, 1.807) is 18.2 Å². The van der Waals surface area contributed by atoms with Crippen LogP contribution in [-0.4, -0.2) is 41.6 Å². The van der Waals surface area contributed by atoms with E-state index >= 15 is 0 Å². The first-order valence-electron chi connectivity index (χ1n) is 7.55. The Labute approximate surface area is 155 Å². The van der Waals surface area contributed by atoms with E-state index in [2.05, 4.69) is 5.32 Å². The fourth-order valence-electron chi connectivity index (χ4n) is 2.36. The number of hydrogen-bond acceptors (Lipinski definition) is 6. The number of likely N-dealkylation sites (N-methyl/N-ethyl adjacent to an activating group) is 1. The third kappa shape index (κ3) is 4.25. The lowest BCUT2D eigenvalue weighted by atomic mass is 10.1. The molecule has 3 rings (SSSR count). The second-order valence-corrected chi connectivity index (χ2v) is 7.51. The normalized spacial score (nSPS) is 15.9. The summed E-state index contributed by atoms with van der Waals surface area (Å²) in [5.74, 6) is 1.03. The zero-order chi connectivity index (χ0) is 18.0. The van der Waals surface area contributed by atoms with Crippen LogP contribution in [0.5, 0.6) is 0 Å². The number of benzene rings is 1. The van der Waals surface area contributed by atoms with Gasteiger partial charge in [-0.2, -0.15) is 0 Å². The molecule has 1 saturated heterocycles. The van der Waals surface area contributed by atoms with Gasteiger partial charge in [0.05, 0.1) is 11.4 Å². The van der Waals surface area contributed by atoms with E-state index in [4.69, 9.17) is 16.6 Å². The van der Waals surface area contributed by atoms with Gasteiger partial charge in [-0.15, -0.1) is 0 Å². The maximum Gasteiger partial charge on any atom is 0.263 e. The number of amides is 1. The largest absolute Gasteiger partial charge is 0.457 e. The summed E-state index contributed by atoms with van der Waals surface area (Å²) < 4.78 is 6.24. The van der Waals surface area contributed by atoms with Crippen molar-refractivity contribution in [1.29, 1.82) is 0 Å². The number of rotatable bonds is 5. The van der Waals surface area contributed by atoms with E-state index in [9.17, 15) is 9.59 Å². The van der Waals surface area contributed by atoms with Crippen molar-refractivity contribution in [2.75, 3.05) is 20.6 Å². The second-order valence-electron chi connectivity index (χ2n) is 5.80. The summed E-state index contributed by atoms with van der Waals surface area (Å²) in [6.07, 6.45) is 1.66. The molecule has 0 aliphatic carbocycles. The molecule has 25 heavy (non-hydrogen) atoms. The lowest BCUT2D eigenvalue weighted by Gasteiger charge is -2.08. The van der Waals surface area contributed by atoms with Crippen molar-refractivity contribution >= 4 is 46.1 Å². The first-order chi connectivity index (χ1) is 11.9. The highest BCUT2D eigenvalue weighted by molar-refractivity contribution is 8.26. The number of thiocarbonyl (C=S) groups is 1. The molecule has 7 heteroatoms. The lowest BCUT2D eigenvalue weighted by Crippen LogP contribution is -2.21. The van der Waals surface area contributed by atoms with Gasteiger partial charge in [0.25, 0.3) is 5.91 Å². The van der Waals surface area contributed by atoms with Crippen molar-refractivity contribution in [1.82, 2.24) is 10.2 Å². The number of furan rings is 1. The van der Waals surface area contributed by atoms with Crippen LogP contribution in [0.1, 0.15) is 16.1 Å². The molecule has 0 radical (unpaired) electrons. The number of Topliss-reactive ketones (excluding diaryl/α,β-unsaturated/α-hetero) is 1. The molecule has 2 aromatic rings. The molecular formula is C18H16N2O3S2. The fraction of sp³-hybridized carbons (Fsp3) is 0.167. The average Bonchev–Trinajstić information content (AvgIpc) is 3.14. The summed E-state index contributed by atoms with van der Waals surface area (Å²) in [5, 5.41) is 2.57. The number of carbonyl (C=O) groups is 2. The van der Waals surface area contributed by atoms with Gasteiger partial charge in [0.15, 0.2) is 5.78 Å². The first-order valence-corrected chi connectivity index (χ1v) is 8.78. The molecule has 1 aromatic heterocycles. The van der Waals surface area contributed by atoms with Gasteiger partial charge in [-0.1, -0.05) is 42.2 Å². The molecule has 1 aromatic carbocycles. The third-order valence-electron chi connectivity index (χ3n) is 3.47. The smallest absolute Gasteiger partial charge is 0.263 e. The summed E-state index contributed by atoms with van der Waals surface area (Å²) in [5.41, 5.74) is 1.45. The van der Waals surface area contributed by atoms with Gasteiger partial charge in [0, 0.05) is 17.2 Å². The SMILES string of the molecule is CN(C)CC(=O)c1cccc(-c2ccc(/C=C3\SC(=S)NC3=O)o2)c1. The van der Waals surface area contributed by atoms with Crippen LogP contribution in [0.25, 0.3) is 17.4 Å². The van der Waals surface area contributed by atoms with E-state index in [0.717, 1.165) is 5.56 Å². The summed E-state index contributed by atoms with van der Waals surface area (Å²) >= 11 is 6.17. The van der Waals surface area contributed by atoms with E-state index in [1.165, 1.54) is 11.8 Å². The minimum absolute atomic E-state index is 0.0493. The molecule has 2 heterocycles. The van der Waals surface area contributed by atoms with Crippen molar-refractivity contribution < 1.29 is 14.0 Å². The molecule has 0 bridgehead atoms. The second kappa shape index (κ2) is 7.35. The van der Waals surface area contributed by atoms with Crippen LogP contribution >= 0.6 is 24.0 Å². The van der Waals surface area contributed by atoms with Gasteiger partial charge in [-0.05, 0) is 32.3 Å². The molecule has 0 unspecified atom stereocenters. The van der Waals surface area contributed by atoms with Crippen molar-refractivity contribution in [2.24, 2.45) is 0 Å². The molecule has 0 saturated carbocycles. The Bertz CT molecular complexity index is 884. The molecule has 1 amide bonds. The molecule has 1 fully saturated rings. The van der Waals surface area contributed by atoms with Crippen molar-refractivity contribution in [3.63, 3.8) is 0 Å². The highest BCUT2D eigenvalue weighted by Crippen LogP contribution is 2.29. The van der Waals surface area contributed by atoms with Crippen LogP contribution in [0.15, 0.2) is 45.7 Å². The molecule has 1 N–H and O–H groups in total. The molecule has 5 nitrogen and oxygen atoms in total. The predicted octanol–water partition coefficient (Wildman–Crippen LogP) is 3.18. The summed E-state index contributed by atoms with van der Waals surface area (Å²) in [6, 6.07) is 10.9. The topological polar surface area (TPSA) is 62.6 Å². The number of thioether (sulfide) groups is 1. The standard InChI is InChI=1S/C18H16N2O3S2/c1-20(2)10-14(21)11-4-3-5-12(8-11)15-7-6-13(23-15)9-16-17(22)19-18(24)25-16/h3-9H,10H2,1-2H3,(H,19,22,24)/b16-9-. The molecule has 1 aliphatic rings. The Hall–Kier alpha value is -2.22. The van der Waals surface area contributed by atoms with E-state index < -0.39 is 0 Å². The Morgan fingerprint density at radius 2 is 2.12 bits per heavy atom. The van der Waals surface area contributed by atoms with Crippen molar-refractivity contribution in [3.8, 4) is 11.3 Å². The summed E-state index contributed by atoms with van der Waals surface area (Å²) in [4.78, 5) is 26.2. The number of nitrogens with zero attached hydrogens (tertiary/aromatic N) is 1. The fourth-order valence-corrected chi connectivity index (χ4v) is 3.38. The van der Waals surface area contributed by atoms with Gasteiger partial charge in [0.1, 0.15) is 15.8 Å². The Kier molecular flexibility index (Phi) is 5.17. The predicted molar refractivity (Wildman–Crippen MR) is 103 cm³/mol. The molecule has 0 spiro atoms. The van der Waals surface area contributed by atoms with Crippen LogP contribution in [0, 0.1) is 0 Å². The summed E-state index contributed by atoms with van der Waals surface area (Å²) in [7, 11) is 3.72. The van der Waals surface area contributed by atoms with Crippen LogP contribution in [0.3, 0.4) is 0 Å². The quantitative estimate of drug-likeness (QED) is 0.494. The van der Waals surface area contributed by atoms with Gasteiger partial charge in [0.2, 0.25) is 0 Å². The van der Waals surface area contributed by atoms with Gasteiger partial charge in [-0.25, -0.2) is 0 Å². The molecular weight excluding hydrogens is 356 g/mol. The molecule has 1 aliphatic heterocycles. The average molecular weight is 372 g/mol. The minimum atomic E-state index is -0.218. The van der Waals surface area contributed by atoms with Crippen LogP contribution in [-0.2, 0) is 4.79 Å². The number of hydrogen-bond donors (Lipinski definition) is 1. The first kappa shape index (κ1) is 17.6. The number of nitrogens with one attached hydrogen (secondary N) is 1. The Morgan fingerprint density at radius 1 is 1.32 bits per heavy atom. The zero-order valence-corrected chi connectivity index (χ0v) is 15.4. The van der Waals surface area contributed by atoms with Gasteiger partial charge >= 0.3 is 0 Å². The lowest BCUT2D eigenvalue weighted by molar-refractivity contribution is -0.115. The van der Waals surface area contributed by atoms with E-state index in [0.29, 0.717) is 32.9 Å². The van der Waals surface area contributed by atoms with E-state index in [1.807, 2.05) is 43.3 Å². The number of carbonyl (C=O) groups excluding carboxylic acids is 2.